The van der Waals surface area contributed by atoms with Crippen LogP contribution in [0, 0.1) is 6.92 Å². The van der Waals surface area contributed by atoms with E-state index in [4.69, 9.17) is 9.47 Å². The standard InChI is InChI=1S/C11H14O.C10H12O.C2H6/c1-2-9-5-6-11-10(8-9)4-3-7-12-11;1-8-4-5-10-9(7-8)3-2-6-11-10;1-2/h5-6,8H,2-4,7H2,1H3;4-5,7H,2-3,6H2,1H3;1-2H3. The SMILES string of the molecule is CC.CCc1ccc2c(c1)CCCO2.Cc1ccc2c(c1)CCCO2. The summed E-state index contributed by atoms with van der Waals surface area (Å²) in [4.78, 5) is 0. The maximum atomic E-state index is 5.52. The molecule has 0 radical (unpaired) electrons. The highest BCUT2D eigenvalue weighted by Crippen LogP contribution is 2.26. The summed E-state index contributed by atoms with van der Waals surface area (Å²) in [5, 5.41) is 0. The Morgan fingerprint density at radius 3 is 1.96 bits per heavy atom. The van der Waals surface area contributed by atoms with Gasteiger partial charge >= 0.3 is 0 Å². The van der Waals surface area contributed by atoms with Gasteiger partial charge in [0.05, 0.1) is 13.2 Å². The van der Waals surface area contributed by atoms with E-state index in [-0.39, 0.29) is 0 Å². The summed E-state index contributed by atoms with van der Waals surface area (Å²) >= 11 is 0. The van der Waals surface area contributed by atoms with E-state index in [0.29, 0.717) is 0 Å². The van der Waals surface area contributed by atoms with E-state index < -0.39 is 0 Å². The number of fused-ring (bicyclic) bond motifs is 2. The second-order valence-corrected chi connectivity index (χ2v) is 6.31. The minimum absolute atomic E-state index is 0.885. The first-order chi connectivity index (χ1) is 12.3. The highest BCUT2D eigenvalue weighted by molar-refractivity contribution is 5.39. The fraction of sp³-hybridized carbons (Fsp3) is 0.478. The van der Waals surface area contributed by atoms with Crippen LogP contribution in [0.25, 0.3) is 0 Å². The summed E-state index contributed by atoms with van der Waals surface area (Å²) in [7, 11) is 0. The summed E-state index contributed by atoms with van der Waals surface area (Å²) < 4.78 is 11.0. The zero-order valence-corrected chi connectivity index (χ0v) is 16.2. The van der Waals surface area contributed by atoms with Crippen molar-refractivity contribution in [2.24, 2.45) is 0 Å². The molecule has 0 unspecified atom stereocenters. The molecule has 0 atom stereocenters. The third-order valence-corrected chi connectivity index (χ3v) is 4.45. The van der Waals surface area contributed by atoms with E-state index in [1.54, 1.807) is 0 Å². The third kappa shape index (κ3) is 5.52. The molecule has 2 aromatic rings. The number of aryl methyl sites for hydroxylation is 4. The van der Waals surface area contributed by atoms with Crippen molar-refractivity contribution in [2.75, 3.05) is 13.2 Å². The van der Waals surface area contributed by atoms with Gasteiger partial charge in [-0.3, -0.25) is 0 Å². The highest BCUT2D eigenvalue weighted by Gasteiger charge is 2.09. The Bertz CT molecular complexity index is 661. The number of hydrogen-bond acceptors (Lipinski definition) is 2. The maximum absolute atomic E-state index is 5.52. The van der Waals surface area contributed by atoms with Gasteiger partial charge in [0, 0.05) is 0 Å². The molecule has 136 valence electrons. The van der Waals surface area contributed by atoms with Crippen LogP contribution in [0.4, 0.5) is 0 Å². The van der Waals surface area contributed by atoms with Gasteiger partial charge in [-0.1, -0.05) is 50.6 Å². The van der Waals surface area contributed by atoms with Crippen molar-refractivity contribution in [3.8, 4) is 11.5 Å². The molecule has 0 saturated carbocycles. The van der Waals surface area contributed by atoms with Gasteiger partial charge in [0.15, 0.2) is 0 Å². The molecule has 0 aliphatic carbocycles. The lowest BCUT2D eigenvalue weighted by molar-refractivity contribution is 0.288. The van der Waals surface area contributed by atoms with Gasteiger partial charge in [-0.25, -0.2) is 0 Å². The molecule has 0 saturated heterocycles. The van der Waals surface area contributed by atoms with Crippen LogP contribution in [0.3, 0.4) is 0 Å². The van der Waals surface area contributed by atoms with Crippen LogP contribution in [0.1, 0.15) is 55.9 Å². The van der Waals surface area contributed by atoms with Crippen LogP contribution in [0.2, 0.25) is 0 Å². The molecule has 2 aliphatic rings. The minimum Gasteiger partial charge on any atom is -0.493 e. The predicted octanol–water partition coefficient (Wildman–Crippen LogP) is 5.92. The molecule has 25 heavy (non-hydrogen) atoms. The largest absolute Gasteiger partial charge is 0.493 e. The van der Waals surface area contributed by atoms with Crippen LogP contribution in [0.15, 0.2) is 36.4 Å². The fourth-order valence-corrected chi connectivity index (χ4v) is 3.12. The van der Waals surface area contributed by atoms with E-state index in [1.807, 2.05) is 13.8 Å². The van der Waals surface area contributed by atoms with E-state index in [2.05, 4.69) is 50.2 Å². The first kappa shape index (κ1) is 19.4. The average molecular weight is 341 g/mol. The Morgan fingerprint density at radius 2 is 1.36 bits per heavy atom. The quantitative estimate of drug-likeness (QED) is 0.641. The number of benzene rings is 2. The lowest BCUT2D eigenvalue weighted by atomic mass is 10.0. The molecule has 2 nitrogen and oxygen atoms in total. The maximum Gasteiger partial charge on any atom is 0.122 e. The highest BCUT2D eigenvalue weighted by atomic mass is 16.5. The molecule has 0 N–H and O–H groups in total. The zero-order chi connectivity index (χ0) is 18.1. The second-order valence-electron chi connectivity index (χ2n) is 6.31. The number of hydrogen-bond donors (Lipinski definition) is 0. The van der Waals surface area contributed by atoms with Crippen LogP contribution >= 0.6 is 0 Å². The third-order valence-electron chi connectivity index (χ3n) is 4.45. The summed E-state index contributed by atoms with van der Waals surface area (Å²) in [5.74, 6) is 2.18. The van der Waals surface area contributed by atoms with Gasteiger partial charge in [0.1, 0.15) is 11.5 Å². The normalized spacial score (nSPS) is 14.2. The average Bonchev–Trinajstić information content (AvgIpc) is 2.69. The summed E-state index contributed by atoms with van der Waals surface area (Å²) in [6.45, 7) is 10.1. The van der Waals surface area contributed by atoms with Gasteiger partial charge in [-0.05, 0) is 67.9 Å². The van der Waals surface area contributed by atoms with Crippen molar-refractivity contribution in [1.29, 1.82) is 0 Å². The van der Waals surface area contributed by atoms with E-state index in [9.17, 15) is 0 Å². The van der Waals surface area contributed by atoms with E-state index in [0.717, 1.165) is 37.6 Å². The van der Waals surface area contributed by atoms with Gasteiger partial charge in [-0.15, -0.1) is 0 Å². The van der Waals surface area contributed by atoms with Crippen LogP contribution in [-0.4, -0.2) is 13.2 Å². The summed E-state index contributed by atoms with van der Waals surface area (Å²) in [6.07, 6.45) is 5.81. The second kappa shape index (κ2) is 10.1. The molecular weight excluding hydrogens is 308 g/mol. The van der Waals surface area contributed by atoms with Crippen molar-refractivity contribution in [1.82, 2.24) is 0 Å². The predicted molar refractivity (Wildman–Crippen MR) is 106 cm³/mol. The lowest BCUT2D eigenvalue weighted by Crippen LogP contribution is -2.08. The van der Waals surface area contributed by atoms with Crippen LogP contribution in [-0.2, 0) is 19.3 Å². The topological polar surface area (TPSA) is 18.5 Å². The molecule has 2 aliphatic heterocycles. The van der Waals surface area contributed by atoms with Crippen molar-refractivity contribution >= 4 is 0 Å². The fourth-order valence-electron chi connectivity index (χ4n) is 3.12. The molecular formula is C23H32O2. The van der Waals surface area contributed by atoms with Gasteiger partial charge < -0.3 is 9.47 Å². The van der Waals surface area contributed by atoms with Gasteiger partial charge in [0.25, 0.3) is 0 Å². The number of ether oxygens (including phenoxy) is 2. The minimum atomic E-state index is 0.885. The number of rotatable bonds is 1. The molecule has 0 fully saturated rings. The Morgan fingerprint density at radius 1 is 0.800 bits per heavy atom. The first-order valence-corrected chi connectivity index (χ1v) is 9.73. The van der Waals surface area contributed by atoms with Crippen molar-refractivity contribution in [3.63, 3.8) is 0 Å². The monoisotopic (exact) mass is 340 g/mol. The smallest absolute Gasteiger partial charge is 0.122 e. The molecule has 0 aromatic heterocycles. The van der Waals surface area contributed by atoms with Crippen molar-refractivity contribution in [2.45, 2.75) is 59.8 Å². The van der Waals surface area contributed by atoms with Gasteiger partial charge in [-0.2, -0.15) is 0 Å². The van der Waals surface area contributed by atoms with Crippen LogP contribution in [0.5, 0.6) is 11.5 Å². The van der Waals surface area contributed by atoms with Crippen LogP contribution < -0.4 is 9.47 Å². The molecule has 0 amide bonds. The summed E-state index contributed by atoms with van der Waals surface area (Å²) in [6, 6.07) is 12.9. The molecule has 4 rings (SSSR count). The Hall–Kier alpha value is -1.96. The van der Waals surface area contributed by atoms with Gasteiger partial charge in [0.2, 0.25) is 0 Å². The lowest BCUT2D eigenvalue weighted by Gasteiger charge is -2.17. The molecule has 2 heterocycles. The van der Waals surface area contributed by atoms with E-state index >= 15 is 0 Å². The Kier molecular flexibility index (Phi) is 7.84. The summed E-state index contributed by atoms with van der Waals surface area (Å²) in [5.41, 5.74) is 5.50. The molecule has 0 bridgehead atoms. The Balaban J connectivity index is 0.000000165. The zero-order valence-electron chi connectivity index (χ0n) is 16.2. The van der Waals surface area contributed by atoms with Crippen molar-refractivity contribution in [3.05, 3.63) is 58.7 Å². The van der Waals surface area contributed by atoms with Crippen molar-refractivity contribution < 1.29 is 9.47 Å². The molecule has 0 spiro atoms. The molecule has 2 aromatic carbocycles. The molecule has 2 heteroatoms. The first-order valence-electron chi connectivity index (χ1n) is 9.73. The van der Waals surface area contributed by atoms with E-state index in [1.165, 1.54) is 41.5 Å². The Labute approximate surface area is 153 Å².